The van der Waals surface area contributed by atoms with Crippen molar-refractivity contribution in [2.75, 3.05) is 11.9 Å². The number of benzene rings is 1. The molecule has 1 aromatic carbocycles. The van der Waals surface area contributed by atoms with Crippen LogP contribution in [0.2, 0.25) is 5.02 Å². The predicted molar refractivity (Wildman–Crippen MR) is 81.6 cm³/mol. The van der Waals surface area contributed by atoms with E-state index in [-0.39, 0.29) is 18.1 Å². The van der Waals surface area contributed by atoms with Crippen LogP contribution in [0.15, 0.2) is 30.4 Å². The molecule has 6 heteroatoms. The average Bonchev–Trinajstić information content (AvgIpc) is 2.94. The van der Waals surface area contributed by atoms with E-state index in [1.54, 1.807) is 32.1 Å². The maximum atomic E-state index is 12.0. The number of carbonyl (C=O) groups excluding carboxylic acids is 2. The largest absolute Gasteiger partial charge is 0.459 e. The van der Waals surface area contributed by atoms with E-state index >= 15 is 0 Å². The minimum Gasteiger partial charge on any atom is -0.459 e. The third-order valence-corrected chi connectivity index (χ3v) is 3.20. The molecule has 0 unspecified atom stereocenters. The Morgan fingerprint density at radius 1 is 1.43 bits per heavy atom. The van der Waals surface area contributed by atoms with Gasteiger partial charge in [-0.25, -0.2) is 4.79 Å². The van der Waals surface area contributed by atoms with Crippen molar-refractivity contribution in [3.63, 3.8) is 0 Å². The lowest BCUT2D eigenvalue weighted by atomic mass is 10.2. The maximum absolute atomic E-state index is 12.0. The Balaban J connectivity index is 2.13. The molecule has 0 saturated carbocycles. The van der Waals surface area contributed by atoms with E-state index in [0.717, 1.165) is 0 Å². The molecule has 1 aromatic rings. The van der Waals surface area contributed by atoms with E-state index in [1.165, 1.54) is 6.07 Å². The Labute approximate surface area is 128 Å². The highest BCUT2D eigenvalue weighted by Crippen LogP contribution is 2.24. The summed E-state index contributed by atoms with van der Waals surface area (Å²) in [6.07, 6.45) is 3.45. The van der Waals surface area contributed by atoms with Crippen molar-refractivity contribution in [2.45, 2.75) is 26.0 Å². The van der Waals surface area contributed by atoms with Gasteiger partial charge in [-0.1, -0.05) is 23.8 Å². The number of halogens is 1. The van der Waals surface area contributed by atoms with Gasteiger partial charge in [-0.15, -0.1) is 0 Å². The number of amides is 1. The van der Waals surface area contributed by atoms with Crippen LogP contribution in [0.3, 0.4) is 0 Å². The minimum atomic E-state index is -0.448. The summed E-state index contributed by atoms with van der Waals surface area (Å²) in [4.78, 5) is 23.9. The van der Waals surface area contributed by atoms with Gasteiger partial charge in [0.25, 0.3) is 0 Å². The number of hydrogen-bond acceptors (Lipinski definition) is 4. The zero-order valence-corrected chi connectivity index (χ0v) is 12.6. The van der Waals surface area contributed by atoms with Crippen LogP contribution in [0.4, 0.5) is 5.69 Å². The molecule has 1 aliphatic heterocycles. The van der Waals surface area contributed by atoms with E-state index < -0.39 is 5.97 Å². The number of carbonyl (C=O) groups is 2. The third-order valence-electron chi connectivity index (χ3n) is 2.87. The zero-order chi connectivity index (χ0) is 15.4. The average molecular weight is 309 g/mol. The standard InChI is InChI=1S/C15H17ClN2O3/c1-9(2)21-15(20)10-5-6-11(16)13(8-10)18-14(19)12-4-3-7-17-12/h3-6,8-9,12,17H,7H2,1-2H3,(H,18,19)/t12-/m0/s1. The maximum Gasteiger partial charge on any atom is 0.338 e. The van der Waals surface area contributed by atoms with Gasteiger partial charge in [0, 0.05) is 6.54 Å². The monoisotopic (exact) mass is 308 g/mol. The van der Waals surface area contributed by atoms with E-state index in [2.05, 4.69) is 10.6 Å². The fourth-order valence-electron chi connectivity index (χ4n) is 1.89. The van der Waals surface area contributed by atoms with Crippen LogP contribution in [0.25, 0.3) is 0 Å². The molecule has 0 saturated heterocycles. The molecule has 2 N–H and O–H groups in total. The molecule has 112 valence electrons. The molecule has 0 bridgehead atoms. The highest BCUT2D eigenvalue weighted by molar-refractivity contribution is 6.34. The van der Waals surface area contributed by atoms with Crippen molar-refractivity contribution in [3.8, 4) is 0 Å². The first-order valence-electron chi connectivity index (χ1n) is 6.69. The van der Waals surface area contributed by atoms with Crippen LogP contribution in [-0.2, 0) is 9.53 Å². The van der Waals surface area contributed by atoms with Gasteiger partial charge in [-0.05, 0) is 32.0 Å². The van der Waals surface area contributed by atoms with E-state index in [4.69, 9.17) is 16.3 Å². The number of rotatable bonds is 4. The number of esters is 1. The van der Waals surface area contributed by atoms with Crippen molar-refractivity contribution in [2.24, 2.45) is 0 Å². The van der Waals surface area contributed by atoms with Gasteiger partial charge in [-0.2, -0.15) is 0 Å². The molecule has 0 fully saturated rings. The summed E-state index contributed by atoms with van der Waals surface area (Å²) >= 11 is 6.05. The summed E-state index contributed by atoms with van der Waals surface area (Å²) in [5, 5.41) is 6.08. The Bertz CT molecular complexity index is 584. The van der Waals surface area contributed by atoms with Gasteiger partial charge in [0.2, 0.25) is 5.91 Å². The van der Waals surface area contributed by atoms with E-state index in [0.29, 0.717) is 22.8 Å². The Hall–Kier alpha value is -1.85. The molecule has 5 nitrogen and oxygen atoms in total. The lowest BCUT2D eigenvalue weighted by Crippen LogP contribution is -2.35. The summed E-state index contributed by atoms with van der Waals surface area (Å²) in [6.45, 7) is 4.20. The smallest absolute Gasteiger partial charge is 0.338 e. The Morgan fingerprint density at radius 3 is 2.81 bits per heavy atom. The van der Waals surface area contributed by atoms with Crippen LogP contribution in [0.5, 0.6) is 0 Å². The van der Waals surface area contributed by atoms with Crippen LogP contribution >= 0.6 is 11.6 Å². The number of anilines is 1. The normalized spacial score (nSPS) is 17.0. The fraction of sp³-hybridized carbons (Fsp3) is 0.333. The molecular formula is C15H17ClN2O3. The predicted octanol–water partition coefficient (Wildman–Crippen LogP) is 2.37. The summed E-state index contributed by atoms with van der Waals surface area (Å²) in [6, 6.07) is 4.26. The summed E-state index contributed by atoms with van der Waals surface area (Å²) in [7, 11) is 0. The third kappa shape index (κ3) is 4.06. The highest BCUT2D eigenvalue weighted by atomic mass is 35.5. The number of nitrogens with one attached hydrogen (secondary N) is 2. The molecule has 1 heterocycles. The summed E-state index contributed by atoms with van der Waals surface area (Å²) in [5.41, 5.74) is 0.736. The van der Waals surface area contributed by atoms with Crippen molar-refractivity contribution in [3.05, 3.63) is 40.9 Å². The summed E-state index contributed by atoms with van der Waals surface area (Å²) in [5.74, 6) is -0.670. The van der Waals surface area contributed by atoms with Crippen molar-refractivity contribution < 1.29 is 14.3 Å². The molecule has 21 heavy (non-hydrogen) atoms. The van der Waals surface area contributed by atoms with Gasteiger partial charge in [0.15, 0.2) is 0 Å². The van der Waals surface area contributed by atoms with Crippen LogP contribution < -0.4 is 10.6 Å². The van der Waals surface area contributed by atoms with Crippen molar-refractivity contribution in [1.82, 2.24) is 5.32 Å². The fourth-order valence-corrected chi connectivity index (χ4v) is 2.05. The topological polar surface area (TPSA) is 67.4 Å². The molecular weight excluding hydrogens is 292 g/mol. The first-order chi connectivity index (χ1) is 9.97. The van der Waals surface area contributed by atoms with Gasteiger partial charge in [0.1, 0.15) is 6.04 Å². The van der Waals surface area contributed by atoms with Crippen LogP contribution in [0, 0.1) is 0 Å². The Morgan fingerprint density at radius 2 is 2.19 bits per heavy atom. The Kier molecular flexibility index (Phi) is 4.98. The van der Waals surface area contributed by atoms with Crippen LogP contribution in [-0.4, -0.2) is 30.6 Å². The number of hydrogen-bond donors (Lipinski definition) is 2. The zero-order valence-electron chi connectivity index (χ0n) is 11.9. The lowest BCUT2D eigenvalue weighted by Gasteiger charge is -2.13. The molecule has 0 spiro atoms. The second-order valence-electron chi connectivity index (χ2n) is 4.95. The molecule has 0 radical (unpaired) electrons. The molecule has 1 amide bonds. The quantitative estimate of drug-likeness (QED) is 0.662. The summed E-state index contributed by atoms with van der Waals surface area (Å²) < 4.78 is 5.12. The second-order valence-corrected chi connectivity index (χ2v) is 5.36. The van der Waals surface area contributed by atoms with Gasteiger partial charge in [-0.3, -0.25) is 10.1 Å². The first kappa shape index (κ1) is 15.5. The highest BCUT2D eigenvalue weighted by Gasteiger charge is 2.19. The molecule has 0 aliphatic carbocycles. The SMILES string of the molecule is CC(C)OC(=O)c1ccc(Cl)c(NC(=O)[C@@H]2C=CCN2)c1. The lowest BCUT2D eigenvalue weighted by molar-refractivity contribution is -0.116. The van der Waals surface area contributed by atoms with Gasteiger partial charge in [0.05, 0.1) is 22.4 Å². The van der Waals surface area contributed by atoms with Crippen LogP contribution in [0.1, 0.15) is 24.2 Å². The van der Waals surface area contributed by atoms with E-state index in [1.807, 2.05) is 6.08 Å². The van der Waals surface area contributed by atoms with Gasteiger partial charge >= 0.3 is 5.97 Å². The van der Waals surface area contributed by atoms with E-state index in [9.17, 15) is 9.59 Å². The minimum absolute atomic E-state index is 0.209. The number of ether oxygens (including phenoxy) is 1. The second kappa shape index (κ2) is 6.74. The molecule has 1 atom stereocenters. The van der Waals surface area contributed by atoms with Crippen molar-refractivity contribution in [1.29, 1.82) is 0 Å². The first-order valence-corrected chi connectivity index (χ1v) is 7.06. The van der Waals surface area contributed by atoms with Crippen molar-refractivity contribution >= 4 is 29.2 Å². The molecule has 0 aromatic heterocycles. The molecule has 2 rings (SSSR count). The van der Waals surface area contributed by atoms with Gasteiger partial charge < -0.3 is 10.1 Å². The molecule has 1 aliphatic rings.